The van der Waals surface area contributed by atoms with Gasteiger partial charge in [0.15, 0.2) is 0 Å². The number of amides is 1. The first-order chi connectivity index (χ1) is 17.1. The maximum atomic E-state index is 13.0. The molecule has 4 atom stereocenters. The van der Waals surface area contributed by atoms with Crippen LogP contribution in [0.2, 0.25) is 0 Å². The molecule has 0 unspecified atom stereocenters. The molecule has 2 saturated heterocycles. The van der Waals surface area contributed by atoms with Crippen LogP contribution in [0.25, 0.3) is 10.9 Å². The molecule has 4 heterocycles. The van der Waals surface area contributed by atoms with E-state index in [1.54, 1.807) is 7.11 Å². The van der Waals surface area contributed by atoms with Crippen LogP contribution in [0.5, 0.6) is 5.75 Å². The molecule has 2 aromatic heterocycles. The summed E-state index contributed by atoms with van der Waals surface area (Å²) in [6.45, 7) is 5.75. The maximum Gasteiger partial charge on any atom is 0.282 e. The Hall–Kier alpha value is -2.91. The molecule has 0 aliphatic carbocycles. The van der Waals surface area contributed by atoms with Crippen molar-refractivity contribution in [2.24, 2.45) is 11.8 Å². The lowest BCUT2D eigenvalue weighted by Gasteiger charge is -2.39. The average Bonchev–Trinajstić information content (AvgIpc) is 3.48. The van der Waals surface area contributed by atoms with Gasteiger partial charge in [-0.25, -0.2) is 0 Å². The molecule has 0 bridgehead atoms. The highest BCUT2D eigenvalue weighted by Gasteiger charge is 2.46. The molecule has 2 fully saturated rings. The van der Waals surface area contributed by atoms with Crippen LogP contribution in [-0.2, 0) is 13.0 Å². The number of hydrogen-bond acceptors (Lipinski definition) is 7. The van der Waals surface area contributed by atoms with Gasteiger partial charge >= 0.3 is 0 Å². The molecule has 0 saturated carbocycles. The summed E-state index contributed by atoms with van der Waals surface area (Å²) in [5.74, 6) is 1.42. The van der Waals surface area contributed by atoms with Crippen LogP contribution in [0, 0.1) is 11.8 Å². The Labute approximate surface area is 209 Å². The van der Waals surface area contributed by atoms with Gasteiger partial charge < -0.3 is 14.7 Å². The third-order valence-electron chi connectivity index (χ3n) is 7.27. The normalized spacial score (nSPS) is 22.9. The second-order valence-corrected chi connectivity index (χ2v) is 10.4. The Morgan fingerprint density at radius 2 is 2.26 bits per heavy atom. The number of ether oxygens (including phenoxy) is 1. The van der Waals surface area contributed by atoms with Gasteiger partial charge in [-0.2, -0.15) is 0 Å². The number of aliphatic hydroxyl groups excluding tert-OH is 1. The summed E-state index contributed by atoms with van der Waals surface area (Å²) in [7, 11) is 1.67. The van der Waals surface area contributed by atoms with Crippen LogP contribution in [0.3, 0.4) is 0 Å². The molecule has 2 aliphatic heterocycles. The number of aliphatic hydroxyl groups is 1. The molecule has 2 aliphatic rings. The topological polar surface area (TPSA) is 93.4 Å². The second kappa shape index (κ2) is 10.4. The molecule has 184 valence electrons. The Bertz CT molecular complexity index is 1210. The van der Waals surface area contributed by atoms with Gasteiger partial charge in [-0.05, 0) is 67.3 Å². The molecule has 0 radical (unpaired) electrons. The first kappa shape index (κ1) is 23.8. The lowest BCUT2D eigenvalue weighted by molar-refractivity contribution is 0.129. The number of carbonyl (C=O) groups excluding carboxylic acids is 1. The van der Waals surface area contributed by atoms with Crippen LogP contribution in [-0.4, -0.2) is 61.5 Å². The smallest absolute Gasteiger partial charge is 0.282 e. The van der Waals surface area contributed by atoms with E-state index in [0.29, 0.717) is 18.9 Å². The number of allylic oxidation sites excluding steroid dienone is 1. The lowest BCUT2D eigenvalue weighted by atomic mass is 9.79. The van der Waals surface area contributed by atoms with Crippen LogP contribution < -0.4 is 4.74 Å². The molecule has 3 aromatic rings. The quantitative estimate of drug-likeness (QED) is 0.446. The van der Waals surface area contributed by atoms with Crippen molar-refractivity contribution in [2.75, 3.05) is 20.3 Å². The number of carbonyl (C=O) groups is 1. The number of benzene rings is 1. The molecule has 9 heteroatoms. The molecule has 35 heavy (non-hydrogen) atoms. The van der Waals surface area contributed by atoms with Gasteiger partial charge in [0.1, 0.15) is 5.75 Å². The van der Waals surface area contributed by atoms with Crippen molar-refractivity contribution < 1.29 is 14.6 Å². The average molecular weight is 494 g/mol. The lowest BCUT2D eigenvalue weighted by Crippen LogP contribution is -2.43. The number of nitrogens with zero attached hydrogens (tertiary/aromatic N) is 5. The molecular formula is C26H31N5O3S. The number of aromatic nitrogens is 4. The van der Waals surface area contributed by atoms with E-state index in [2.05, 4.69) is 26.8 Å². The van der Waals surface area contributed by atoms with Crippen molar-refractivity contribution in [1.29, 1.82) is 0 Å². The Morgan fingerprint density at radius 1 is 1.37 bits per heavy atom. The second-order valence-electron chi connectivity index (χ2n) is 9.29. The largest absolute Gasteiger partial charge is 0.497 e. The van der Waals surface area contributed by atoms with Gasteiger partial charge in [-0.15, -0.1) is 11.7 Å². The van der Waals surface area contributed by atoms with Crippen LogP contribution in [0.15, 0.2) is 49.3 Å². The van der Waals surface area contributed by atoms with Gasteiger partial charge in [0.05, 0.1) is 23.6 Å². The third-order valence-corrected chi connectivity index (χ3v) is 8.53. The Balaban J connectivity index is 1.37. The van der Waals surface area contributed by atoms with Crippen molar-refractivity contribution in [3.63, 3.8) is 0 Å². The summed E-state index contributed by atoms with van der Waals surface area (Å²) in [5, 5.41) is 18.8. The Morgan fingerprint density at radius 3 is 3.06 bits per heavy atom. The fourth-order valence-corrected chi connectivity index (χ4v) is 6.74. The summed E-state index contributed by atoms with van der Waals surface area (Å²) in [4.78, 5) is 19.6. The van der Waals surface area contributed by atoms with Crippen molar-refractivity contribution in [2.45, 2.75) is 43.5 Å². The summed E-state index contributed by atoms with van der Waals surface area (Å²) in [6, 6.07) is 8.09. The molecular weight excluding hydrogens is 462 g/mol. The zero-order chi connectivity index (χ0) is 24.4. The predicted octanol–water partition coefficient (Wildman–Crippen LogP) is 4.25. The first-order valence-corrected chi connectivity index (χ1v) is 13.0. The number of hydrogen-bond donors (Lipinski definition) is 1. The highest BCUT2D eigenvalue weighted by molar-refractivity contribution is 8.14. The number of piperidine rings is 1. The summed E-state index contributed by atoms with van der Waals surface area (Å²) < 4.78 is 7.35. The molecule has 1 N–H and O–H groups in total. The van der Waals surface area contributed by atoms with Gasteiger partial charge in [0, 0.05) is 43.5 Å². The van der Waals surface area contributed by atoms with E-state index >= 15 is 0 Å². The minimum absolute atomic E-state index is 0.0461. The molecule has 1 amide bonds. The van der Waals surface area contributed by atoms with Crippen molar-refractivity contribution in [1.82, 2.24) is 24.9 Å². The molecule has 0 spiro atoms. The third kappa shape index (κ3) is 4.79. The molecule has 5 rings (SSSR count). The van der Waals surface area contributed by atoms with E-state index in [1.807, 2.05) is 47.4 Å². The zero-order valence-corrected chi connectivity index (χ0v) is 20.7. The van der Waals surface area contributed by atoms with E-state index in [0.717, 1.165) is 53.7 Å². The van der Waals surface area contributed by atoms with Crippen molar-refractivity contribution in [3.8, 4) is 5.75 Å². The minimum atomic E-state index is 0.0461. The van der Waals surface area contributed by atoms with Crippen molar-refractivity contribution in [3.05, 3.63) is 60.6 Å². The summed E-state index contributed by atoms with van der Waals surface area (Å²) in [5.41, 5.74) is 2.95. The van der Waals surface area contributed by atoms with Crippen LogP contribution in [0.4, 0.5) is 4.79 Å². The van der Waals surface area contributed by atoms with E-state index in [1.165, 1.54) is 11.8 Å². The fraction of sp³-hybridized carbons (Fsp3) is 0.462. The molecule has 1 aromatic carbocycles. The monoisotopic (exact) mass is 493 g/mol. The van der Waals surface area contributed by atoms with Crippen LogP contribution >= 0.6 is 11.8 Å². The summed E-state index contributed by atoms with van der Waals surface area (Å²) >= 11 is 1.43. The van der Waals surface area contributed by atoms with Gasteiger partial charge in [0.2, 0.25) is 0 Å². The number of thioether (sulfide) groups is 1. The number of rotatable bonds is 9. The van der Waals surface area contributed by atoms with E-state index in [-0.39, 0.29) is 29.1 Å². The van der Waals surface area contributed by atoms with E-state index in [9.17, 15) is 4.79 Å². The zero-order valence-electron chi connectivity index (χ0n) is 19.9. The highest BCUT2D eigenvalue weighted by Crippen LogP contribution is 2.50. The standard InChI is InChI=1S/C26H31N5O3S/c1-3-17(15-30-16-19(28-29-30)5-4-12-32)18-9-11-31-24(13-18)25(35-26(31)33)21-8-10-27-23-7-6-20(34-2)14-22(21)23/h3,6-8,10,14,16-18,24-25,32H,1,4-5,9,11-13,15H2,2H3/t17-,18-,24-,25-/m0/s1. The first-order valence-electron chi connectivity index (χ1n) is 12.1. The maximum absolute atomic E-state index is 13.0. The van der Waals surface area contributed by atoms with E-state index < -0.39 is 0 Å². The number of methoxy groups -OCH3 is 1. The Kier molecular flexibility index (Phi) is 7.06. The SMILES string of the molecule is C=C[C@@H](Cn1cc(CCCO)nn1)[C@H]1CCN2C(=O)S[C@@H](c3ccnc4ccc(OC)cc34)[C@@H]2C1. The predicted molar refractivity (Wildman–Crippen MR) is 136 cm³/mol. The molecule has 8 nitrogen and oxygen atoms in total. The minimum Gasteiger partial charge on any atom is -0.497 e. The van der Waals surface area contributed by atoms with Gasteiger partial charge in [0.25, 0.3) is 5.24 Å². The number of fused-ring (bicyclic) bond motifs is 2. The van der Waals surface area contributed by atoms with Gasteiger partial charge in [-0.1, -0.05) is 23.1 Å². The van der Waals surface area contributed by atoms with Gasteiger partial charge in [-0.3, -0.25) is 14.5 Å². The fourth-order valence-electron chi connectivity index (χ4n) is 5.41. The summed E-state index contributed by atoms with van der Waals surface area (Å²) in [6.07, 6.45) is 9.11. The highest BCUT2D eigenvalue weighted by atomic mass is 32.2. The van der Waals surface area contributed by atoms with Crippen molar-refractivity contribution >= 4 is 27.9 Å². The van der Waals surface area contributed by atoms with E-state index in [4.69, 9.17) is 9.84 Å². The number of pyridine rings is 1. The van der Waals surface area contributed by atoms with Crippen LogP contribution in [0.1, 0.15) is 35.8 Å². The number of aryl methyl sites for hydroxylation is 1.